The molecule has 0 radical (unpaired) electrons. The third kappa shape index (κ3) is 2.82. The fourth-order valence-corrected chi connectivity index (χ4v) is 4.08. The zero-order chi connectivity index (χ0) is 19.5. The van der Waals surface area contributed by atoms with Gasteiger partial charge in [-0.05, 0) is 39.2 Å². The van der Waals surface area contributed by atoms with Crippen LogP contribution < -0.4 is 15.1 Å². The smallest absolute Gasteiger partial charge is 0.336 e. The summed E-state index contributed by atoms with van der Waals surface area (Å²) in [5.41, 5.74) is 1.69. The largest absolute Gasteiger partial charge is 0.489 e. The van der Waals surface area contributed by atoms with Crippen LogP contribution in [0.5, 0.6) is 11.5 Å². The van der Waals surface area contributed by atoms with E-state index in [1.165, 1.54) is 6.07 Å². The Morgan fingerprint density at radius 3 is 2.74 bits per heavy atom. The number of benzene rings is 1. The highest BCUT2D eigenvalue weighted by atomic mass is 16.5. The molecule has 2 aliphatic heterocycles. The molecule has 1 N–H and O–H groups in total. The van der Waals surface area contributed by atoms with Crippen molar-refractivity contribution >= 4 is 11.0 Å². The van der Waals surface area contributed by atoms with E-state index in [-0.39, 0.29) is 24.2 Å². The van der Waals surface area contributed by atoms with Crippen molar-refractivity contribution in [2.75, 3.05) is 7.11 Å². The highest BCUT2D eigenvalue weighted by molar-refractivity contribution is 5.94. The van der Waals surface area contributed by atoms with E-state index in [0.717, 1.165) is 18.4 Å². The van der Waals surface area contributed by atoms with Gasteiger partial charge in [0.25, 0.3) is 0 Å². The Labute approximate surface area is 158 Å². The Hall–Kier alpha value is -2.05. The molecular formula is C21H26O6. The number of aliphatic hydroxyl groups is 1. The fourth-order valence-electron chi connectivity index (χ4n) is 4.08. The average Bonchev–Trinajstić information content (AvgIpc) is 2.58. The number of hydrogen-bond acceptors (Lipinski definition) is 6. The number of fused-ring (bicyclic) bond motifs is 6. The quantitative estimate of drug-likeness (QED) is 0.811. The van der Waals surface area contributed by atoms with Crippen LogP contribution in [0.25, 0.3) is 11.0 Å². The van der Waals surface area contributed by atoms with Crippen molar-refractivity contribution in [3.8, 4) is 11.5 Å². The molecule has 0 aliphatic carbocycles. The van der Waals surface area contributed by atoms with Crippen LogP contribution in [0, 0.1) is 5.92 Å². The minimum Gasteiger partial charge on any atom is -0.489 e. The normalized spacial score (nSPS) is 26.1. The first-order valence-electron chi connectivity index (χ1n) is 9.41. The lowest BCUT2D eigenvalue weighted by atomic mass is 9.83. The van der Waals surface area contributed by atoms with Crippen LogP contribution in [0.15, 0.2) is 15.3 Å². The van der Waals surface area contributed by atoms with Crippen LogP contribution in [0.1, 0.15) is 56.9 Å². The summed E-state index contributed by atoms with van der Waals surface area (Å²) in [6.45, 7) is 8.20. The summed E-state index contributed by atoms with van der Waals surface area (Å²) in [6.07, 6.45) is 0.655. The van der Waals surface area contributed by atoms with Crippen molar-refractivity contribution in [3.63, 3.8) is 0 Å². The van der Waals surface area contributed by atoms with E-state index in [9.17, 15) is 9.90 Å². The number of methoxy groups -OCH3 is 1. The van der Waals surface area contributed by atoms with Crippen molar-refractivity contribution in [2.24, 2.45) is 5.92 Å². The molecule has 3 atom stereocenters. The third-order valence-corrected chi connectivity index (χ3v) is 5.80. The van der Waals surface area contributed by atoms with Gasteiger partial charge in [0.1, 0.15) is 23.2 Å². The zero-order valence-corrected chi connectivity index (χ0v) is 16.4. The van der Waals surface area contributed by atoms with Gasteiger partial charge in [0, 0.05) is 24.7 Å². The van der Waals surface area contributed by atoms with Gasteiger partial charge in [-0.1, -0.05) is 6.92 Å². The van der Waals surface area contributed by atoms with E-state index in [0.29, 0.717) is 33.6 Å². The minimum absolute atomic E-state index is 0.129. The SMILES string of the molecule is COCc1cc(=O)oc2c3c(c4c(c12)OC(C)(C)CC4)OC(C)C(C)C3O. The second-order valence-electron chi connectivity index (χ2n) is 8.27. The maximum Gasteiger partial charge on any atom is 0.336 e. The summed E-state index contributed by atoms with van der Waals surface area (Å²) in [5, 5.41) is 11.7. The summed E-state index contributed by atoms with van der Waals surface area (Å²) in [6, 6.07) is 1.44. The van der Waals surface area contributed by atoms with Crippen LogP contribution >= 0.6 is 0 Å². The second kappa shape index (κ2) is 6.24. The lowest BCUT2D eigenvalue weighted by Gasteiger charge is -2.39. The van der Waals surface area contributed by atoms with E-state index in [1.54, 1.807) is 7.11 Å². The van der Waals surface area contributed by atoms with Gasteiger partial charge < -0.3 is 23.7 Å². The first-order chi connectivity index (χ1) is 12.7. The molecule has 0 saturated heterocycles. The molecule has 6 nitrogen and oxygen atoms in total. The molecule has 0 bridgehead atoms. The monoisotopic (exact) mass is 374 g/mol. The summed E-state index contributed by atoms with van der Waals surface area (Å²) in [5.74, 6) is 1.14. The van der Waals surface area contributed by atoms with Crippen molar-refractivity contribution in [2.45, 2.75) is 65.0 Å². The summed E-state index contributed by atoms with van der Waals surface area (Å²) in [7, 11) is 1.58. The highest BCUT2D eigenvalue weighted by Gasteiger charge is 2.41. The van der Waals surface area contributed by atoms with Gasteiger partial charge in [-0.25, -0.2) is 4.79 Å². The van der Waals surface area contributed by atoms with Crippen LogP contribution in [-0.2, 0) is 17.8 Å². The Bertz CT molecular complexity index is 958. The van der Waals surface area contributed by atoms with Gasteiger partial charge in [0.05, 0.1) is 23.7 Å². The molecule has 3 unspecified atom stereocenters. The first kappa shape index (κ1) is 18.3. The van der Waals surface area contributed by atoms with Crippen LogP contribution in [0.3, 0.4) is 0 Å². The third-order valence-electron chi connectivity index (χ3n) is 5.80. The van der Waals surface area contributed by atoms with E-state index >= 15 is 0 Å². The standard InChI is InChI=1S/C21H26O6/c1-10-11(2)25-18-13-6-7-21(3,4)27-19(13)15-12(9-24-5)8-14(22)26-20(15)16(18)17(10)23/h8,10-11,17,23H,6-7,9H2,1-5H3. The van der Waals surface area contributed by atoms with Crippen molar-refractivity contribution in [1.29, 1.82) is 0 Å². The van der Waals surface area contributed by atoms with Crippen LogP contribution in [-0.4, -0.2) is 23.9 Å². The molecule has 0 spiro atoms. The van der Waals surface area contributed by atoms with Gasteiger partial charge >= 0.3 is 5.63 Å². The Morgan fingerprint density at radius 1 is 1.30 bits per heavy atom. The number of ether oxygens (including phenoxy) is 3. The Kier molecular flexibility index (Phi) is 4.24. The van der Waals surface area contributed by atoms with E-state index in [4.69, 9.17) is 18.6 Å². The molecule has 1 aromatic heterocycles. The Balaban J connectivity index is 2.14. The lowest BCUT2D eigenvalue weighted by molar-refractivity contribution is 0.0151. The number of rotatable bonds is 2. The predicted octanol–water partition coefficient (Wildman–Crippen LogP) is 3.49. The summed E-state index contributed by atoms with van der Waals surface area (Å²) in [4.78, 5) is 12.2. The minimum atomic E-state index is -0.785. The van der Waals surface area contributed by atoms with Gasteiger partial charge in [0.2, 0.25) is 0 Å². The molecule has 0 fully saturated rings. The zero-order valence-electron chi connectivity index (χ0n) is 16.4. The van der Waals surface area contributed by atoms with Gasteiger partial charge in [0.15, 0.2) is 5.58 Å². The van der Waals surface area contributed by atoms with Gasteiger partial charge in [-0.15, -0.1) is 0 Å². The molecule has 4 rings (SSSR count). The molecule has 3 heterocycles. The summed E-state index contributed by atoms with van der Waals surface area (Å²) < 4.78 is 23.5. The highest BCUT2D eigenvalue weighted by Crippen LogP contribution is 2.52. The molecule has 2 aliphatic rings. The maximum absolute atomic E-state index is 12.2. The lowest BCUT2D eigenvalue weighted by Crippen LogP contribution is -2.36. The van der Waals surface area contributed by atoms with E-state index in [1.807, 2.05) is 27.7 Å². The summed E-state index contributed by atoms with van der Waals surface area (Å²) >= 11 is 0. The molecule has 0 saturated carbocycles. The van der Waals surface area contributed by atoms with Gasteiger partial charge in [-0.2, -0.15) is 0 Å². The average molecular weight is 374 g/mol. The topological polar surface area (TPSA) is 78.1 Å². The van der Waals surface area contributed by atoms with Crippen molar-refractivity contribution in [3.05, 3.63) is 33.2 Å². The fraction of sp³-hybridized carbons (Fsp3) is 0.571. The van der Waals surface area contributed by atoms with Crippen LogP contribution in [0.4, 0.5) is 0 Å². The predicted molar refractivity (Wildman–Crippen MR) is 100 cm³/mol. The molecule has 6 heteroatoms. The van der Waals surface area contributed by atoms with Crippen LogP contribution in [0.2, 0.25) is 0 Å². The second-order valence-corrected chi connectivity index (χ2v) is 8.27. The maximum atomic E-state index is 12.2. The van der Waals surface area contributed by atoms with E-state index in [2.05, 4.69) is 0 Å². The molecule has 27 heavy (non-hydrogen) atoms. The first-order valence-corrected chi connectivity index (χ1v) is 9.41. The van der Waals surface area contributed by atoms with Crippen molar-refractivity contribution in [1.82, 2.24) is 0 Å². The number of hydrogen-bond donors (Lipinski definition) is 1. The Morgan fingerprint density at radius 2 is 2.04 bits per heavy atom. The molecule has 2 aromatic rings. The number of aliphatic hydroxyl groups excluding tert-OH is 1. The molecule has 1 aromatic carbocycles. The van der Waals surface area contributed by atoms with E-state index < -0.39 is 11.7 Å². The molecule has 0 amide bonds. The van der Waals surface area contributed by atoms with Crippen molar-refractivity contribution < 1.29 is 23.7 Å². The molecule has 146 valence electrons. The van der Waals surface area contributed by atoms with Gasteiger partial charge in [-0.3, -0.25) is 0 Å². The molecular weight excluding hydrogens is 348 g/mol.